The minimum absolute atomic E-state index is 0.0498. The maximum atomic E-state index is 15.3. The van der Waals surface area contributed by atoms with Crippen LogP contribution in [0.2, 0.25) is 0 Å². The molecule has 2 fully saturated rings. The summed E-state index contributed by atoms with van der Waals surface area (Å²) in [6, 6.07) is 1.13. The Morgan fingerprint density at radius 3 is 2.52 bits per heavy atom. The first-order chi connectivity index (χ1) is 19.4. The van der Waals surface area contributed by atoms with E-state index >= 15 is 4.39 Å². The van der Waals surface area contributed by atoms with Crippen molar-refractivity contribution in [1.29, 1.82) is 0 Å². The Balaban J connectivity index is 1.41. The van der Waals surface area contributed by atoms with E-state index in [-0.39, 0.29) is 36.3 Å². The fraction of sp³-hybridized carbons (Fsp3) is 0.690. The lowest BCUT2D eigenvalue weighted by atomic mass is 9.87. The quantitative estimate of drug-likeness (QED) is 0.263. The van der Waals surface area contributed by atoms with Gasteiger partial charge in [0.25, 0.3) is 0 Å². The molecule has 11 heteroatoms. The molecule has 0 bridgehead atoms. The average Bonchev–Trinajstić information content (AvgIpc) is 2.96. The minimum atomic E-state index is -1.37. The van der Waals surface area contributed by atoms with Crippen molar-refractivity contribution in [2.75, 3.05) is 58.0 Å². The van der Waals surface area contributed by atoms with Crippen LogP contribution in [-0.4, -0.2) is 80.0 Å². The molecule has 2 aromatic rings. The molecular weight excluding hydrogens is 519 g/mol. The number of hydrogen-bond donors (Lipinski definition) is 2. The number of nitrogens with zero attached hydrogens (tertiary/aromatic N) is 3. The van der Waals surface area contributed by atoms with Crippen LogP contribution in [0.1, 0.15) is 62.2 Å². The smallest absolute Gasteiger partial charge is 0.341 e. The van der Waals surface area contributed by atoms with Gasteiger partial charge in [0, 0.05) is 32.9 Å². The Hall–Kier alpha value is -2.60. The van der Waals surface area contributed by atoms with Crippen LogP contribution in [0.3, 0.4) is 0 Å². The number of piperidine rings is 2. The average molecular weight is 563 g/mol. The third kappa shape index (κ3) is 7.99. The van der Waals surface area contributed by atoms with Crippen molar-refractivity contribution in [3.63, 3.8) is 0 Å². The molecule has 10 nitrogen and oxygen atoms in total. The molecule has 0 aromatic carbocycles. The van der Waals surface area contributed by atoms with Crippen LogP contribution in [0.15, 0.2) is 17.1 Å². The van der Waals surface area contributed by atoms with Crippen molar-refractivity contribution in [1.82, 2.24) is 14.9 Å². The summed E-state index contributed by atoms with van der Waals surface area (Å²) < 4.78 is 32.9. The largest absolute Gasteiger partial charge is 0.477 e. The highest BCUT2D eigenvalue weighted by molar-refractivity contribution is 5.92. The second-order valence-corrected chi connectivity index (χ2v) is 10.9. The van der Waals surface area contributed by atoms with E-state index in [1.54, 1.807) is 18.6 Å². The SMILES string of the molecule is COC(C)OCCOCCn1cc(C(=O)O)c(=O)c2cc(F)c(N3CCC(CCCC4CCNCC4)CC3)nc21. The zero-order valence-corrected chi connectivity index (χ0v) is 23.7. The zero-order valence-electron chi connectivity index (χ0n) is 23.7. The van der Waals surface area contributed by atoms with Crippen molar-refractivity contribution in [2.45, 2.75) is 64.7 Å². The molecule has 0 saturated carbocycles. The number of rotatable bonds is 14. The molecule has 2 aromatic heterocycles. The van der Waals surface area contributed by atoms with Crippen molar-refractivity contribution in [3.05, 3.63) is 33.9 Å². The first-order valence-electron chi connectivity index (χ1n) is 14.5. The van der Waals surface area contributed by atoms with Crippen molar-refractivity contribution in [2.24, 2.45) is 11.8 Å². The maximum absolute atomic E-state index is 15.3. The molecule has 1 unspecified atom stereocenters. The molecule has 2 aliphatic heterocycles. The van der Waals surface area contributed by atoms with Gasteiger partial charge in [0.15, 0.2) is 17.9 Å². The molecule has 40 heavy (non-hydrogen) atoms. The van der Waals surface area contributed by atoms with Crippen LogP contribution < -0.4 is 15.6 Å². The van der Waals surface area contributed by atoms with Gasteiger partial charge in [-0.25, -0.2) is 14.2 Å². The van der Waals surface area contributed by atoms with Crippen LogP contribution in [0.5, 0.6) is 0 Å². The number of aromatic nitrogens is 2. The molecular formula is C29H43FN4O6. The van der Waals surface area contributed by atoms with Crippen molar-refractivity contribution >= 4 is 22.8 Å². The van der Waals surface area contributed by atoms with E-state index in [1.165, 1.54) is 38.3 Å². The van der Waals surface area contributed by atoms with Gasteiger partial charge in [0.1, 0.15) is 11.2 Å². The molecule has 4 rings (SSSR count). The number of pyridine rings is 2. The van der Waals surface area contributed by atoms with Gasteiger partial charge in [-0.05, 0) is 63.6 Å². The minimum Gasteiger partial charge on any atom is -0.477 e. The first kappa shape index (κ1) is 30.4. The van der Waals surface area contributed by atoms with E-state index in [4.69, 9.17) is 14.2 Å². The predicted molar refractivity (Wildman–Crippen MR) is 151 cm³/mol. The molecule has 0 amide bonds. The van der Waals surface area contributed by atoms with Crippen LogP contribution in [-0.2, 0) is 20.8 Å². The highest BCUT2D eigenvalue weighted by Gasteiger charge is 2.25. The first-order valence-corrected chi connectivity index (χ1v) is 14.5. The fourth-order valence-electron chi connectivity index (χ4n) is 5.73. The lowest BCUT2D eigenvalue weighted by Gasteiger charge is -2.33. The number of anilines is 1. The van der Waals surface area contributed by atoms with Crippen LogP contribution in [0.4, 0.5) is 10.2 Å². The maximum Gasteiger partial charge on any atom is 0.341 e. The van der Waals surface area contributed by atoms with Crippen LogP contribution >= 0.6 is 0 Å². The number of carbonyl (C=O) groups is 1. The molecule has 4 heterocycles. The number of halogens is 1. The molecule has 222 valence electrons. The Morgan fingerprint density at radius 1 is 1.15 bits per heavy atom. The van der Waals surface area contributed by atoms with Crippen molar-refractivity contribution in [3.8, 4) is 0 Å². The number of nitrogens with one attached hydrogen (secondary N) is 1. The van der Waals surface area contributed by atoms with Crippen LogP contribution in [0, 0.1) is 17.7 Å². The molecule has 0 spiro atoms. The number of carboxylic acids is 1. The van der Waals surface area contributed by atoms with Crippen molar-refractivity contribution < 1.29 is 28.5 Å². The van der Waals surface area contributed by atoms with Crippen LogP contribution in [0.25, 0.3) is 11.0 Å². The second kappa shape index (κ2) is 14.9. The zero-order chi connectivity index (χ0) is 28.5. The Bertz CT molecular complexity index is 1180. The van der Waals surface area contributed by atoms with Gasteiger partial charge in [-0.3, -0.25) is 4.79 Å². The molecule has 0 radical (unpaired) electrons. The Kier molecular flexibility index (Phi) is 11.3. The van der Waals surface area contributed by atoms with E-state index in [0.717, 1.165) is 37.9 Å². The summed E-state index contributed by atoms with van der Waals surface area (Å²) in [5.41, 5.74) is -0.917. The summed E-state index contributed by atoms with van der Waals surface area (Å²) in [4.78, 5) is 31.1. The molecule has 2 aliphatic rings. The van der Waals surface area contributed by atoms with Gasteiger partial charge in [-0.2, -0.15) is 0 Å². The number of ether oxygens (including phenoxy) is 3. The van der Waals surface area contributed by atoms with E-state index in [2.05, 4.69) is 10.3 Å². The summed E-state index contributed by atoms with van der Waals surface area (Å²) in [5.74, 6) is -0.293. The monoisotopic (exact) mass is 562 g/mol. The number of methoxy groups -OCH3 is 1. The van der Waals surface area contributed by atoms with Gasteiger partial charge < -0.3 is 34.1 Å². The highest BCUT2D eigenvalue weighted by atomic mass is 19.1. The number of hydrogen-bond acceptors (Lipinski definition) is 8. The molecule has 2 saturated heterocycles. The van der Waals surface area contributed by atoms with Gasteiger partial charge in [0.05, 0.1) is 25.2 Å². The number of fused-ring (bicyclic) bond motifs is 1. The third-order valence-electron chi connectivity index (χ3n) is 8.20. The fourth-order valence-corrected chi connectivity index (χ4v) is 5.73. The summed E-state index contributed by atoms with van der Waals surface area (Å²) in [6.45, 7) is 6.58. The van der Waals surface area contributed by atoms with E-state index < -0.39 is 22.8 Å². The second-order valence-electron chi connectivity index (χ2n) is 10.9. The summed E-state index contributed by atoms with van der Waals surface area (Å²) in [6.07, 6.45) is 9.18. The number of carboxylic acid groups (broad SMARTS) is 1. The van der Waals surface area contributed by atoms with E-state index in [0.29, 0.717) is 32.2 Å². The number of aromatic carboxylic acids is 1. The van der Waals surface area contributed by atoms with Gasteiger partial charge in [-0.15, -0.1) is 0 Å². The van der Waals surface area contributed by atoms with Gasteiger partial charge >= 0.3 is 5.97 Å². The standard InChI is InChI=1S/C29H43FN4O6/c1-20(38-2)40-17-16-39-15-14-34-19-24(29(36)37)26(35)23-18-25(30)28(32-27(23)34)33-12-8-22(9-13-33)5-3-4-21-6-10-31-11-7-21/h18-22,31H,3-17H2,1-2H3,(H,36,37). The Morgan fingerprint density at radius 2 is 1.85 bits per heavy atom. The lowest BCUT2D eigenvalue weighted by molar-refractivity contribution is -0.121. The summed E-state index contributed by atoms with van der Waals surface area (Å²) in [7, 11) is 1.55. The van der Waals surface area contributed by atoms with E-state index in [1.807, 2.05) is 4.90 Å². The summed E-state index contributed by atoms with van der Waals surface area (Å²) in [5, 5.41) is 12.9. The molecule has 0 aliphatic carbocycles. The molecule has 2 N–H and O–H groups in total. The highest BCUT2D eigenvalue weighted by Crippen LogP contribution is 2.30. The summed E-state index contributed by atoms with van der Waals surface area (Å²) >= 11 is 0. The lowest BCUT2D eigenvalue weighted by Crippen LogP contribution is -2.35. The predicted octanol–water partition coefficient (Wildman–Crippen LogP) is 3.65. The van der Waals surface area contributed by atoms with Gasteiger partial charge in [-0.1, -0.05) is 19.3 Å². The molecule has 1 atom stereocenters. The van der Waals surface area contributed by atoms with Gasteiger partial charge in [0.2, 0.25) is 5.43 Å². The Labute approximate surface area is 234 Å². The topological polar surface area (TPSA) is 115 Å². The van der Waals surface area contributed by atoms with E-state index in [9.17, 15) is 14.7 Å². The third-order valence-corrected chi connectivity index (χ3v) is 8.20. The normalized spacial score (nSPS) is 17.9.